The van der Waals surface area contributed by atoms with Crippen LogP contribution in [0.1, 0.15) is 32.8 Å². The van der Waals surface area contributed by atoms with E-state index in [9.17, 15) is 9.59 Å². The maximum atomic E-state index is 12.8. The Morgan fingerprint density at radius 3 is 2.43 bits per heavy atom. The number of carbonyl (C=O) groups is 2. The summed E-state index contributed by atoms with van der Waals surface area (Å²) in [5.74, 6) is 0.921. The summed E-state index contributed by atoms with van der Waals surface area (Å²) in [5, 5.41) is 10.6. The molecule has 0 atom stereocenters. The molecule has 11 heteroatoms. The molecular weight excluding hydrogens is 592 g/mol. The smallest absolute Gasteiger partial charge is 0.261 e. The summed E-state index contributed by atoms with van der Waals surface area (Å²) in [7, 11) is 3.98. The van der Waals surface area contributed by atoms with Gasteiger partial charge in [0.15, 0.2) is 0 Å². The number of rotatable bonds is 8. The molecule has 0 unspecified atom stereocenters. The maximum Gasteiger partial charge on any atom is 0.261 e. The first-order valence-electron chi connectivity index (χ1n) is 15.9. The third-order valence-corrected chi connectivity index (χ3v) is 9.07. The number of morpholine rings is 1. The lowest BCUT2D eigenvalue weighted by atomic mass is 10.1. The SMILES string of the molecule is Cn1ccc2ccc(Nc3cc(-c4ccc5c(CCCN6C(=O)c7ccccc7C6=O)nn(C)c5c4)nc(N4CCOCC4)n3)cc21. The average molecular weight is 627 g/mol. The van der Waals surface area contributed by atoms with Gasteiger partial charge in [0.2, 0.25) is 5.95 Å². The summed E-state index contributed by atoms with van der Waals surface area (Å²) in [6.07, 6.45) is 3.32. The number of benzene rings is 3. The number of amides is 2. The number of ether oxygens (including phenoxy) is 1. The molecule has 8 rings (SSSR count). The van der Waals surface area contributed by atoms with Crippen molar-refractivity contribution in [2.45, 2.75) is 12.8 Å². The van der Waals surface area contributed by atoms with Crippen molar-refractivity contribution in [2.75, 3.05) is 43.1 Å². The van der Waals surface area contributed by atoms with Crippen LogP contribution in [-0.2, 0) is 25.3 Å². The number of nitrogens with one attached hydrogen (secondary N) is 1. The van der Waals surface area contributed by atoms with Gasteiger partial charge in [-0.3, -0.25) is 19.2 Å². The first-order chi connectivity index (χ1) is 22.9. The number of anilines is 3. The fourth-order valence-electron chi connectivity index (χ4n) is 6.56. The van der Waals surface area contributed by atoms with Gasteiger partial charge in [0.1, 0.15) is 5.82 Å². The Bertz CT molecular complexity index is 2140. The molecule has 0 saturated carbocycles. The highest BCUT2D eigenvalue weighted by Crippen LogP contribution is 2.31. The van der Waals surface area contributed by atoms with Crippen molar-refractivity contribution in [1.82, 2.24) is 29.2 Å². The molecule has 1 N–H and O–H groups in total. The minimum atomic E-state index is -0.225. The molecule has 2 aliphatic heterocycles. The quantitative estimate of drug-likeness (QED) is 0.226. The van der Waals surface area contributed by atoms with Crippen molar-refractivity contribution in [2.24, 2.45) is 14.1 Å². The first-order valence-corrected chi connectivity index (χ1v) is 15.9. The molecular formula is C36H34N8O3. The summed E-state index contributed by atoms with van der Waals surface area (Å²) in [4.78, 5) is 39.0. The molecule has 3 aromatic heterocycles. The van der Waals surface area contributed by atoms with Crippen molar-refractivity contribution in [3.8, 4) is 11.3 Å². The van der Waals surface area contributed by atoms with Crippen molar-refractivity contribution >= 4 is 51.1 Å². The minimum Gasteiger partial charge on any atom is -0.378 e. The van der Waals surface area contributed by atoms with E-state index in [0.717, 1.165) is 52.1 Å². The largest absolute Gasteiger partial charge is 0.378 e. The number of imide groups is 1. The Kier molecular flexibility index (Phi) is 7.17. The second-order valence-corrected chi connectivity index (χ2v) is 12.1. The molecule has 1 fully saturated rings. The number of aromatic nitrogens is 5. The van der Waals surface area contributed by atoms with Crippen LogP contribution >= 0.6 is 0 Å². The van der Waals surface area contributed by atoms with Crippen LogP contribution < -0.4 is 10.2 Å². The standard InChI is InChI=1S/C36H34N8O3/c1-41-15-13-23-9-11-25(21-31(23)41)37-33-22-30(38-36(39-33)43-16-18-47-19-17-43)24-10-12-28-29(40-42(2)32(28)20-24)8-5-14-44-34(45)26-6-3-4-7-27(26)35(44)46/h3-4,6-7,9-13,15,20-22H,5,8,14,16-19H2,1-2H3,(H,37,38,39). The van der Waals surface area contributed by atoms with Gasteiger partial charge in [0.05, 0.1) is 41.2 Å². The van der Waals surface area contributed by atoms with Crippen molar-refractivity contribution in [3.05, 3.63) is 95.8 Å². The molecule has 0 bridgehead atoms. The third kappa shape index (κ3) is 5.28. The molecule has 1 saturated heterocycles. The summed E-state index contributed by atoms with van der Waals surface area (Å²) in [6.45, 7) is 3.07. The van der Waals surface area contributed by atoms with Crippen LogP contribution in [0.4, 0.5) is 17.5 Å². The molecule has 0 aliphatic carbocycles. The zero-order chi connectivity index (χ0) is 32.1. The van der Waals surface area contributed by atoms with Crippen LogP contribution in [0.3, 0.4) is 0 Å². The highest BCUT2D eigenvalue weighted by molar-refractivity contribution is 6.21. The normalized spacial score (nSPS) is 14.9. The summed E-state index contributed by atoms with van der Waals surface area (Å²) in [6, 6.07) is 23.7. The zero-order valence-corrected chi connectivity index (χ0v) is 26.3. The van der Waals surface area contributed by atoms with E-state index in [2.05, 4.69) is 63.4 Å². The van der Waals surface area contributed by atoms with Gasteiger partial charge in [-0.25, -0.2) is 4.98 Å². The molecule has 2 aliphatic rings. The van der Waals surface area contributed by atoms with Gasteiger partial charge in [-0.1, -0.05) is 30.3 Å². The third-order valence-electron chi connectivity index (χ3n) is 9.07. The molecule has 6 aromatic rings. The lowest BCUT2D eigenvalue weighted by Gasteiger charge is -2.27. The monoisotopic (exact) mass is 626 g/mol. The Hall–Kier alpha value is -5.55. The van der Waals surface area contributed by atoms with Gasteiger partial charge < -0.3 is 19.5 Å². The van der Waals surface area contributed by atoms with Gasteiger partial charge in [0, 0.05) is 68.1 Å². The van der Waals surface area contributed by atoms with E-state index >= 15 is 0 Å². The highest BCUT2D eigenvalue weighted by Gasteiger charge is 2.34. The number of fused-ring (bicyclic) bond motifs is 3. The fraction of sp³-hybridized carbons (Fsp3) is 0.250. The second-order valence-electron chi connectivity index (χ2n) is 12.1. The molecule has 0 radical (unpaired) electrons. The summed E-state index contributed by atoms with van der Waals surface area (Å²) < 4.78 is 9.58. The number of aryl methyl sites for hydroxylation is 3. The predicted octanol–water partition coefficient (Wildman–Crippen LogP) is 5.33. The average Bonchev–Trinajstić information content (AvgIpc) is 3.71. The van der Waals surface area contributed by atoms with Gasteiger partial charge >= 0.3 is 0 Å². The van der Waals surface area contributed by atoms with Gasteiger partial charge in [-0.05, 0) is 54.6 Å². The highest BCUT2D eigenvalue weighted by atomic mass is 16.5. The van der Waals surface area contributed by atoms with Gasteiger partial charge in [-0.2, -0.15) is 10.1 Å². The number of carbonyl (C=O) groups excluding carboxylic acids is 2. The van der Waals surface area contributed by atoms with Crippen LogP contribution in [0.2, 0.25) is 0 Å². The van der Waals surface area contributed by atoms with E-state index in [4.69, 9.17) is 19.8 Å². The number of hydrogen-bond donors (Lipinski definition) is 1. The van der Waals surface area contributed by atoms with Crippen LogP contribution in [0.5, 0.6) is 0 Å². The Balaban J connectivity index is 1.06. The van der Waals surface area contributed by atoms with Crippen molar-refractivity contribution in [1.29, 1.82) is 0 Å². The Labute approximate surface area is 271 Å². The van der Waals surface area contributed by atoms with Gasteiger partial charge in [-0.15, -0.1) is 0 Å². The maximum absolute atomic E-state index is 12.8. The Morgan fingerprint density at radius 1 is 0.851 bits per heavy atom. The molecule has 47 heavy (non-hydrogen) atoms. The van der Waals surface area contributed by atoms with E-state index in [1.807, 2.05) is 24.8 Å². The van der Waals surface area contributed by atoms with Crippen LogP contribution in [-0.4, -0.2) is 73.9 Å². The lowest BCUT2D eigenvalue weighted by Crippen LogP contribution is -2.37. The van der Waals surface area contributed by atoms with Crippen LogP contribution in [0.25, 0.3) is 33.1 Å². The molecule has 11 nitrogen and oxygen atoms in total. The molecule has 2 amide bonds. The molecule has 3 aromatic carbocycles. The van der Waals surface area contributed by atoms with E-state index in [-0.39, 0.29) is 11.8 Å². The molecule has 5 heterocycles. The van der Waals surface area contributed by atoms with Crippen LogP contribution in [0, 0.1) is 0 Å². The molecule has 236 valence electrons. The van der Waals surface area contributed by atoms with E-state index in [1.54, 1.807) is 24.3 Å². The number of nitrogens with zero attached hydrogens (tertiary/aromatic N) is 7. The second kappa shape index (κ2) is 11.7. The van der Waals surface area contributed by atoms with E-state index in [1.165, 1.54) is 10.3 Å². The fourth-order valence-corrected chi connectivity index (χ4v) is 6.56. The molecule has 0 spiro atoms. The summed E-state index contributed by atoms with van der Waals surface area (Å²) in [5.41, 5.74) is 6.71. The van der Waals surface area contributed by atoms with Crippen LogP contribution in [0.15, 0.2) is 79.0 Å². The topological polar surface area (TPSA) is 110 Å². The summed E-state index contributed by atoms with van der Waals surface area (Å²) >= 11 is 0. The van der Waals surface area contributed by atoms with E-state index in [0.29, 0.717) is 55.5 Å². The van der Waals surface area contributed by atoms with Gasteiger partial charge in [0.25, 0.3) is 11.8 Å². The lowest BCUT2D eigenvalue weighted by molar-refractivity contribution is 0.0652. The van der Waals surface area contributed by atoms with Crippen molar-refractivity contribution in [3.63, 3.8) is 0 Å². The Morgan fingerprint density at radius 2 is 1.64 bits per heavy atom. The van der Waals surface area contributed by atoms with E-state index < -0.39 is 0 Å². The first kappa shape index (κ1) is 28.9. The zero-order valence-electron chi connectivity index (χ0n) is 26.3. The predicted molar refractivity (Wildman–Crippen MR) is 181 cm³/mol. The van der Waals surface area contributed by atoms with Crippen molar-refractivity contribution < 1.29 is 14.3 Å². The number of hydrogen-bond acceptors (Lipinski definition) is 8. The minimum absolute atomic E-state index is 0.225.